The minimum absolute atomic E-state index is 0. The van der Waals surface area contributed by atoms with Gasteiger partial charge in [-0.3, -0.25) is 0 Å². The number of ether oxygens (including phenoxy) is 2. The van der Waals surface area contributed by atoms with Gasteiger partial charge in [-0.15, -0.1) is 24.0 Å². The van der Waals surface area contributed by atoms with Gasteiger partial charge in [0.15, 0.2) is 5.96 Å². The summed E-state index contributed by atoms with van der Waals surface area (Å²) in [6.45, 7) is 11.5. The van der Waals surface area contributed by atoms with Crippen LogP contribution in [-0.4, -0.2) is 56.6 Å². The number of aryl methyl sites for hydroxylation is 2. The molecule has 2 heterocycles. The van der Waals surface area contributed by atoms with Crippen molar-refractivity contribution in [3.05, 3.63) is 23.2 Å². The number of nitrogens with one attached hydrogen (secondary N) is 2. The highest BCUT2D eigenvalue weighted by molar-refractivity contribution is 14.0. The lowest BCUT2D eigenvalue weighted by molar-refractivity contribution is 0.0168. The molecule has 0 spiro atoms. The fourth-order valence-corrected chi connectivity index (χ4v) is 3.20. The number of aliphatic hydroxyl groups is 1. The van der Waals surface area contributed by atoms with Gasteiger partial charge in [-0.1, -0.05) is 0 Å². The average Bonchev–Trinajstić information content (AvgIpc) is 3.25. The van der Waals surface area contributed by atoms with Gasteiger partial charge in [-0.05, 0) is 53.0 Å². The van der Waals surface area contributed by atoms with E-state index in [1.54, 1.807) is 6.92 Å². The number of rotatable bonds is 10. The summed E-state index contributed by atoms with van der Waals surface area (Å²) in [4.78, 5) is 4.53. The molecule has 0 radical (unpaired) electrons. The Balaban J connectivity index is 0.00000392. The van der Waals surface area contributed by atoms with Gasteiger partial charge >= 0.3 is 0 Å². The van der Waals surface area contributed by atoms with Gasteiger partial charge in [0, 0.05) is 31.9 Å². The minimum Gasteiger partial charge on any atom is -0.466 e. The molecule has 1 aromatic heterocycles. The lowest BCUT2D eigenvalue weighted by Gasteiger charge is -2.21. The van der Waals surface area contributed by atoms with Crippen molar-refractivity contribution < 1.29 is 19.0 Å². The predicted octanol–water partition coefficient (Wildman–Crippen LogP) is 2.86. The molecule has 8 heteroatoms. The molecule has 1 aromatic rings. The Morgan fingerprint density at radius 2 is 2.18 bits per heavy atom. The Kier molecular flexibility index (Phi) is 11.4. The number of guanidine groups is 1. The smallest absolute Gasteiger partial charge is 0.191 e. The first-order valence-corrected chi connectivity index (χ1v) is 9.94. The van der Waals surface area contributed by atoms with Crippen molar-refractivity contribution in [2.24, 2.45) is 4.99 Å². The third-order valence-electron chi connectivity index (χ3n) is 4.60. The van der Waals surface area contributed by atoms with E-state index in [9.17, 15) is 5.11 Å². The zero-order chi connectivity index (χ0) is 19.7. The number of nitrogens with zero attached hydrogens (tertiary/aromatic N) is 1. The molecule has 2 rings (SSSR count). The number of hydrogen-bond acceptors (Lipinski definition) is 5. The van der Waals surface area contributed by atoms with Crippen molar-refractivity contribution in [1.82, 2.24) is 10.6 Å². The number of halogens is 1. The zero-order valence-electron chi connectivity index (χ0n) is 17.5. The van der Waals surface area contributed by atoms with Crippen LogP contribution in [0.4, 0.5) is 0 Å². The highest BCUT2D eigenvalue weighted by Crippen LogP contribution is 2.27. The molecule has 162 valence electrons. The van der Waals surface area contributed by atoms with E-state index in [0.29, 0.717) is 19.2 Å². The van der Waals surface area contributed by atoms with Crippen LogP contribution in [0.25, 0.3) is 0 Å². The molecule has 2 unspecified atom stereocenters. The van der Waals surface area contributed by atoms with Gasteiger partial charge in [0.1, 0.15) is 17.1 Å². The summed E-state index contributed by atoms with van der Waals surface area (Å²) in [6, 6.07) is 1.87. The Hall–Kier alpha value is -0.840. The van der Waals surface area contributed by atoms with Crippen molar-refractivity contribution in [1.29, 1.82) is 0 Å². The average molecular weight is 509 g/mol. The van der Waals surface area contributed by atoms with E-state index >= 15 is 0 Å². The molecule has 0 bridgehead atoms. The molecule has 1 fully saturated rings. The highest BCUT2D eigenvalue weighted by atomic mass is 127. The van der Waals surface area contributed by atoms with E-state index in [0.717, 1.165) is 56.0 Å². The monoisotopic (exact) mass is 509 g/mol. The van der Waals surface area contributed by atoms with Crippen LogP contribution in [0.1, 0.15) is 50.2 Å². The summed E-state index contributed by atoms with van der Waals surface area (Å²) in [7, 11) is 0. The molecule has 0 saturated carbocycles. The van der Waals surface area contributed by atoms with Gasteiger partial charge < -0.3 is 29.6 Å². The van der Waals surface area contributed by atoms with Crippen molar-refractivity contribution >= 4 is 29.9 Å². The maximum absolute atomic E-state index is 10.8. The fraction of sp³-hybridized carbons (Fsp3) is 0.750. The lowest BCUT2D eigenvalue weighted by atomic mass is 9.96. The first-order chi connectivity index (χ1) is 12.9. The fourth-order valence-electron chi connectivity index (χ4n) is 3.20. The Bertz CT molecular complexity index is 598. The number of hydrogen-bond donors (Lipinski definition) is 3. The van der Waals surface area contributed by atoms with E-state index in [1.807, 2.05) is 26.8 Å². The second-order valence-corrected chi connectivity index (χ2v) is 7.29. The molecule has 28 heavy (non-hydrogen) atoms. The van der Waals surface area contributed by atoms with Crippen molar-refractivity contribution in [2.75, 3.05) is 39.5 Å². The highest BCUT2D eigenvalue weighted by Gasteiger charge is 2.27. The molecular formula is C20H36IN3O4. The summed E-state index contributed by atoms with van der Waals surface area (Å²) < 4.78 is 16.7. The minimum atomic E-state index is -1.07. The molecule has 1 aliphatic rings. The van der Waals surface area contributed by atoms with E-state index in [2.05, 4.69) is 15.6 Å². The Labute approximate surface area is 185 Å². The second-order valence-electron chi connectivity index (χ2n) is 7.29. The van der Waals surface area contributed by atoms with E-state index in [4.69, 9.17) is 13.9 Å². The molecule has 0 amide bonds. The largest absolute Gasteiger partial charge is 0.466 e. The van der Waals surface area contributed by atoms with E-state index in [-0.39, 0.29) is 36.6 Å². The summed E-state index contributed by atoms with van der Waals surface area (Å²) in [5.41, 5.74) is -0.295. The molecule has 1 aliphatic heterocycles. The topological polar surface area (TPSA) is 88.3 Å². The van der Waals surface area contributed by atoms with Crippen LogP contribution in [0.2, 0.25) is 0 Å². The third kappa shape index (κ3) is 8.26. The van der Waals surface area contributed by atoms with Gasteiger partial charge in [0.25, 0.3) is 0 Å². The number of aliphatic imine (C=N–C) groups is 1. The summed E-state index contributed by atoms with van der Waals surface area (Å²) in [5, 5.41) is 17.3. The molecule has 0 aromatic carbocycles. The van der Waals surface area contributed by atoms with Gasteiger partial charge in [0.05, 0.1) is 19.3 Å². The summed E-state index contributed by atoms with van der Waals surface area (Å²) in [6.07, 6.45) is 3.40. The maximum Gasteiger partial charge on any atom is 0.191 e. The first-order valence-electron chi connectivity index (χ1n) is 9.94. The van der Waals surface area contributed by atoms with Gasteiger partial charge in [-0.25, -0.2) is 4.99 Å². The quantitative estimate of drug-likeness (QED) is 0.195. The Morgan fingerprint density at radius 3 is 2.79 bits per heavy atom. The van der Waals surface area contributed by atoms with Crippen molar-refractivity contribution in [2.45, 2.75) is 58.7 Å². The van der Waals surface area contributed by atoms with Gasteiger partial charge in [-0.2, -0.15) is 0 Å². The molecular weight excluding hydrogens is 473 g/mol. The molecule has 1 saturated heterocycles. The zero-order valence-corrected chi connectivity index (χ0v) is 19.9. The van der Waals surface area contributed by atoms with Crippen LogP contribution in [0, 0.1) is 13.8 Å². The molecule has 3 N–H and O–H groups in total. The van der Waals surface area contributed by atoms with Crippen LogP contribution in [0.5, 0.6) is 0 Å². The predicted molar refractivity (Wildman–Crippen MR) is 122 cm³/mol. The van der Waals surface area contributed by atoms with Crippen LogP contribution < -0.4 is 10.6 Å². The van der Waals surface area contributed by atoms with Crippen molar-refractivity contribution in [3.63, 3.8) is 0 Å². The van der Waals surface area contributed by atoms with E-state index < -0.39 is 5.60 Å². The van der Waals surface area contributed by atoms with Crippen LogP contribution in [-0.2, 0) is 15.1 Å². The molecule has 7 nitrogen and oxygen atoms in total. The second kappa shape index (κ2) is 12.7. The maximum atomic E-state index is 10.8. The standard InChI is InChI=1S/C20H35N3O4.HI/c1-5-21-19(22-9-7-10-25-13-17-8-6-11-26-17)23-14-20(4,24)18-12-15(2)27-16(18)3;/h12,17,24H,5-11,13-14H2,1-4H3,(H2,21,22,23);1H. The Morgan fingerprint density at radius 1 is 1.39 bits per heavy atom. The van der Waals surface area contributed by atoms with Crippen LogP contribution in [0.3, 0.4) is 0 Å². The number of furan rings is 1. The van der Waals surface area contributed by atoms with Crippen molar-refractivity contribution in [3.8, 4) is 0 Å². The van der Waals surface area contributed by atoms with Crippen LogP contribution in [0.15, 0.2) is 15.5 Å². The summed E-state index contributed by atoms with van der Waals surface area (Å²) >= 11 is 0. The summed E-state index contributed by atoms with van der Waals surface area (Å²) in [5.74, 6) is 2.21. The normalized spacial score (nSPS) is 19.2. The molecule has 0 aliphatic carbocycles. The SMILES string of the molecule is CCNC(=NCC(C)(O)c1cc(C)oc1C)NCCCOCC1CCCO1.I. The van der Waals surface area contributed by atoms with E-state index in [1.165, 1.54) is 0 Å². The first kappa shape index (κ1) is 25.2. The van der Waals surface area contributed by atoms with Gasteiger partial charge in [0.2, 0.25) is 0 Å². The lowest BCUT2D eigenvalue weighted by Crippen LogP contribution is -2.39. The van der Waals surface area contributed by atoms with Crippen LogP contribution >= 0.6 is 24.0 Å². The third-order valence-corrected chi connectivity index (χ3v) is 4.60. The molecule has 2 atom stereocenters.